The maximum Gasteiger partial charge on any atom is 0.227 e. The Morgan fingerprint density at radius 2 is 2.12 bits per heavy atom. The minimum absolute atomic E-state index is 0.401. The zero-order valence-corrected chi connectivity index (χ0v) is 9.41. The third-order valence-electron chi connectivity index (χ3n) is 2.25. The lowest BCUT2D eigenvalue weighted by Crippen LogP contribution is -2.00. The molecule has 2 rings (SSSR count). The van der Waals surface area contributed by atoms with Crippen LogP contribution in [0.15, 0.2) is 18.7 Å². The van der Waals surface area contributed by atoms with E-state index in [1.54, 1.807) is 13.1 Å². The van der Waals surface area contributed by atoms with Gasteiger partial charge in [-0.3, -0.25) is 4.79 Å². The summed E-state index contributed by atoms with van der Waals surface area (Å²) in [6, 6.07) is 0. The van der Waals surface area contributed by atoms with Crippen LogP contribution in [0.2, 0.25) is 0 Å². The summed E-state index contributed by atoms with van der Waals surface area (Å²) >= 11 is 0. The molecule has 2 aromatic heterocycles. The second-order valence-corrected chi connectivity index (χ2v) is 3.30. The third kappa shape index (κ3) is 2.10. The Morgan fingerprint density at radius 1 is 1.29 bits per heavy atom. The Bertz CT molecular complexity index is 557. The highest BCUT2D eigenvalue weighted by Crippen LogP contribution is 2.23. The van der Waals surface area contributed by atoms with Gasteiger partial charge < -0.3 is 4.74 Å². The number of nitrogens with zero attached hydrogens (tertiary/aromatic N) is 4. The van der Waals surface area contributed by atoms with Gasteiger partial charge in [-0.2, -0.15) is 0 Å². The number of carbonyl (C=O) groups is 1. The first-order chi connectivity index (χ1) is 8.26. The van der Waals surface area contributed by atoms with Crippen LogP contribution in [-0.2, 0) is 0 Å². The fraction of sp³-hybridized carbons (Fsp3) is 0.182. The molecule has 0 aromatic carbocycles. The maximum absolute atomic E-state index is 10.7. The molecule has 0 aliphatic carbocycles. The average Bonchev–Trinajstić information content (AvgIpc) is 2.38. The van der Waals surface area contributed by atoms with Gasteiger partial charge in [0.1, 0.15) is 6.33 Å². The van der Waals surface area contributed by atoms with Gasteiger partial charge in [0, 0.05) is 12.4 Å². The molecule has 2 aromatic rings. The predicted octanol–water partition coefficient (Wildman–Crippen LogP) is 1.06. The largest absolute Gasteiger partial charge is 0.480 e. The van der Waals surface area contributed by atoms with Gasteiger partial charge in [-0.05, 0) is 6.92 Å². The molecule has 0 aliphatic rings. The zero-order chi connectivity index (χ0) is 12.3. The minimum atomic E-state index is 0.401. The van der Waals surface area contributed by atoms with Crippen LogP contribution in [0.1, 0.15) is 16.1 Å². The van der Waals surface area contributed by atoms with Crippen molar-refractivity contribution in [3.05, 3.63) is 30.0 Å². The van der Waals surface area contributed by atoms with Crippen molar-refractivity contribution in [3.8, 4) is 17.3 Å². The number of ether oxygens (including phenoxy) is 1. The molecule has 17 heavy (non-hydrogen) atoms. The summed E-state index contributed by atoms with van der Waals surface area (Å²) < 4.78 is 5.10. The molecular formula is C11H10N4O2. The van der Waals surface area contributed by atoms with E-state index in [0.717, 1.165) is 6.29 Å². The summed E-state index contributed by atoms with van der Waals surface area (Å²) in [6.07, 6.45) is 5.14. The third-order valence-corrected chi connectivity index (χ3v) is 2.25. The molecule has 0 radical (unpaired) electrons. The van der Waals surface area contributed by atoms with Crippen molar-refractivity contribution in [2.24, 2.45) is 0 Å². The van der Waals surface area contributed by atoms with Gasteiger partial charge in [0.2, 0.25) is 5.88 Å². The van der Waals surface area contributed by atoms with Gasteiger partial charge in [-0.1, -0.05) is 0 Å². The molecule has 0 bridgehead atoms. The zero-order valence-electron chi connectivity index (χ0n) is 9.41. The fourth-order valence-corrected chi connectivity index (χ4v) is 1.36. The first-order valence-electron chi connectivity index (χ1n) is 4.89. The quantitative estimate of drug-likeness (QED) is 0.734. The van der Waals surface area contributed by atoms with Crippen LogP contribution >= 0.6 is 0 Å². The number of methoxy groups -OCH3 is 1. The van der Waals surface area contributed by atoms with E-state index in [2.05, 4.69) is 19.9 Å². The lowest BCUT2D eigenvalue weighted by atomic mass is 10.2. The predicted molar refractivity (Wildman–Crippen MR) is 59.7 cm³/mol. The van der Waals surface area contributed by atoms with Gasteiger partial charge in [-0.25, -0.2) is 19.9 Å². The molecule has 0 atom stereocenters. The van der Waals surface area contributed by atoms with Crippen LogP contribution in [0.5, 0.6) is 5.88 Å². The van der Waals surface area contributed by atoms with E-state index in [0.29, 0.717) is 28.5 Å². The summed E-state index contributed by atoms with van der Waals surface area (Å²) in [5.41, 5.74) is 1.66. The van der Waals surface area contributed by atoms with Gasteiger partial charge in [0.05, 0.1) is 23.9 Å². The molecule has 0 aliphatic heterocycles. The molecule has 86 valence electrons. The van der Waals surface area contributed by atoms with Crippen molar-refractivity contribution in [3.63, 3.8) is 0 Å². The van der Waals surface area contributed by atoms with E-state index in [4.69, 9.17) is 4.74 Å². The van der Waals surface area contributed by atoms with Crippen LogP contribution in [-0.4, -0.2) is 33.3 Å². The van der Waals surface area contributed by atoms with E-state index in [-0.39, 0.29) is 0 Å². The first kappa shape index (κ1) is 11.1. The van der Waals surface area contributed by atoms with Gasteiger partial charge in [0.15, 0.2) is 12.1 Å². The van der Waals surface area contributed by atoms with Crippen molar-refractivity contribution < 1.29 is 9.53 Å². The number of aryl methyl sites for hydroxylation is 1. The monoisotopic (exact) mass is 230 g/mol. The Balaban J connectivity index is 2.53. The highest BCUT2D eigenvalue weighted by Gasteiger charge is 2.11. The molecule has 0 amide bonds. The number of hydrogen-bond donors (Lipinski definition) is 0. The van der Waals surface area contributed by atoms with Crippen molar-refractivity contribution >= 4 is 6.29 Å². The SMILES string of the molecule is COc1ncncc1-c1ncc(C=O)c(C)n1. The van der Waals surface area contributed by atoms with E-state index >= 15 is 0 Å². The normalized spacial score (nSPS) is 10.0. The number of rotatable bonds is 3. The molecule has 0 unspecified atom stereocenters. The Kier molecular flexibility index (Phi) is 3.04. The second-order valence-electron chi connectivity index (χ2n) is 3.30. The standard InChI is InChI=1S/C11H10N4O2/c1-7-8(5-16)3-13-10(15-7)9-4-12-6-14-11(9)17-2/h3-6H,1-2H3. The number of hydrogen-bond acceptors (Lipinski definition) is 6. The lowest BCUT2D eigenvalue weighted by Gasteiger charge is -2.05. The van der Waals surface area contributed by atoms with E-state index in [1.165, 1.54) is 19.6 Å². The van der Waals surface area contributed by atoms with E-state index < -0.39 is 0 Å². The highest BCUT2D eigenvalue weighted by molar-refractivity contribution is 5.76. The molecule has 0 fully saturated rings. The molecule has 6 heteroatoms. The number of aldehydes is 1. The second kappa shape index (κ2) is 4.65. The summed E-state index contributed by atoms with van der Waals surface area (Å²) in [5, 5.41) is 0. The number of aromatic nitrogens is 4. The lowest BCUT2D eigenvalue weighted by molar-refractivity contribution is 0.112. The summed E-state index contributed by atoms with van der Waals surface area (Å²) in [7, 11) is 1.51. The van der Waals surface area contributed by atoms with Gasteiger partial charge in [0.25, 0.3) is 0 Å². The number of carbonyl (C=O) groups excluding carboxylic acids is 1. The Morgan fingerprint density at radius 3 is 2.76 bits per heavy atom. The molecular weight excluding hydrogens is 220 g/mol. The van der Waals surface area contributed by atoms with Crippen LogP contribution in [0.25, 0.3) is 11.4 Å². The molecule has 0 saturated carbocycles. The van der Waals surface area contributed by atoms with E-state index in [9.17, 15) is 4.79 Å². The molecule has 0 N–H and O–H groups in total. The van der Waals surface area contributed by atoms with E-state index in [1.807, 2.05) is 0 Å². The van der Waals surface area contributed by atoms with Crippen molar-refractivity contribution in [2.75, 3.05) is 7.11 Å². The Labute approximate surface area is 97.7 Å². The van der Waals surface area contributed by atoms with Crippen LogP contribution in [0.4, 0.5) is 0 Å². The summed E-state index contributed by atoms with van der Waals surface area (Å²) in [5.74, 6) is 0.837. The molecule has 0 spiro atoms. The Hall–Kier alpha value is -2.37. The summed E-state index contributed by atoms with van der Waals surface area (Å²) in [6.45, 7) is 1.74. The summed E-state index contributed by atoms with van der Waals surface area (Å²) in [4.78, 5) is 26.8. The first-order valence-corrected chi connectivity index (χ1v) is 4.89. The highest BCUT2D eigenvalue weighted by atomic mass is 16.5. The average molecular weight is 230 g/mol. The van der Waals surface area contributed by atoms with Crippen LogP contribution in [0.3, 0.4) is 0 Å². The van der Waals surface area contributed by atoms with Crippen molar-refractivity contribution in [2.45, 2.75) is 6.92 Å². The van der Waals surface area contributed by atoms with Crippen molar-refractivity contribution in [1.82, 2.24) is 19.9 Å². The molecule has 0 saturated heterocycles. The van der Waals surface area contributed by atoms with Crippen LogP contribution in [0, 0.1) is 6.92 Å². The topological polar surface area (TPSA) is 77.9 Å². The molecule has 6 nitrogen and oxygen atoms in total. The van der Waals surface area contributed by atoms with Crippen molar-refractivity contribution in [1.29, 1.82) is 0 Å². The fourth-order valence-electron chi connectivity index (χ4n) is 1.36. The van der Waals surface area contributed by atoms with Gasteiger partial charge >= 0.3 is 0 Å². The minimum Gasteiger partial charge on any atom is -0.480 e. The van der Waals surface area contributed by atoms with Crippen LogP contribution < -0.4 is 4.74 Å². The maximum atomic E-state index is 10.7. The van der Waals surface area contributed by atoms with Gasteiger partial charge in [-0.15, -0.1) is 0 Å². The smallest absolute Gasteiger partial charge is 0.227 e. The molecule has 2 heterocycles.